The molecule has 9 nitrogen and oxygen atoms in total. The van der Waals surface area contributed by atoms with Crippen LogP contribution in [0.1, 0.15) is 174 Å². The lowest BCUT2D eigenvalue weighted by atomic mass is 10.0. The highest BCUT2D eigenvalue weighted by atomic mass is 31.2. The van der Waals surface area contributed by atoms with E-state index in [1.165, 1.54) is 57.8 Å². The number of ether oxygens (including phenoxy) is 1. The van der Waals surface area contributed by atoms with Crippen LogP contribution in [0.3, 0.4) is 0 Å². The van der Waals surface area contributed by atoms with Crippen LogP contribution in [0.5, 0.6) is 0 Å². The summed E-state index contributed by atoms with van der Waals surface area (Å²) in [5, 5.41) is 12.7. The maximum Gasteiger partial charge on any atom is 0.472 e. The Bertz CT molecular complexity index is 1070. The van der Waals surface area contributed by atoms with Crippen molar-refractivity contribution >= 4 is 19.7 Å². The van der Waals surface area contributed by atoms with Gasteiger partial charge in [-0.25, -0.2) is 4.57 Å². The molecule has 0 radical (unpaired) electrons. The molecule has 0 aliphatic heterocycles. The quantitative estimate of drug-likeness (QED) is 0.0243. The van der Waals surface area contributed by atoms with Crippen LogP contribution in [0, 0.1) is 0 Å². The molecule has 0 aliphatic rings. The van der Waals surface area contributed by atoms with Crippen LogP contribution in [0.25, 0.3) is 0 Å². The van der Waals surface area contributed by atoms with E-state index in [4.69, 9.17) is 13.8 Å². The number of phosphoric ester groups is 1. The van der Waals surface area contributed by atoms with Gasteiger partial charge in [0.25, 0.3) is 0 Å². The molecule has 0 heterocycles. The highest BCUT2D eigenvalue weighted by Gasteiger charge is 2.23. The van der Waals surface area contributed by atoms with Gasteiger partial charge in [-0.15, -0.1) is 0 Å². The Labute approximate surface area is 329 Å². The molecule has 2 atom stereocenters. The third-order valence-electron chi connectivity index (χ3n) is 8.71. The van der Waals surface area contributed by atoms with Crippen molar-refractivity contribution in [1.82, 2.24) is 5.32 Å². The Hall–Kier alpha value is -2.29. The second-order valence-electron chi connectivity index (χ2n) is 13.9. The summed E-state index contributed by atoms with van der Waals surface area (Å²) in [7, 11) is -4.42. The van der Waals surface area contributed by atoms with Gasteiger partial charge in [0.05, 0.1) is 13.2 Å². The molecule has 0 bridgehead atoms. The first-order chi connectivity index (χ1) is 26.3. The van der Waals surface area contributed by atoms with E-state index >= 15 is 0 Å². The first-order valence-electron chi connectivity index (χ1n) is 21.3. The molecule has 10 heteroatoms. The summed E-state index contributed by atoms with van der Waals surface area (Å²) in [5.74, 6) is -0.538. The number of amides is 1. The van der Waals surface area contributed by atoms with E-state index in [0.717, 1.165) is 83.5 Å². The lowest BCUT2D eigenvalue weighted by Gasteiger charge is -2.15. The highest BCUT2D eigenvalue weighted by Crippen LogP contribution is 2.42. The Morgan fingerprint density at radius 3 is 1.59 bits per heavy atom. The summed E-state index contributed by atoms with van der Waals surface area (Å²) in [6.07, 6.45) is 47.2. The molecule has 0 saturated heterocycles. The Kier molecular flexibility index (Phi) is 38.7. The number of allylic oxidation sites excluding steroid dienone is 10. The topological polar surface area (TPSA) is 131 Å². The second-order valence-corrected chi connectivity index (χ2v) is 15.4. The number of aliphatic hydroxyl groups is 1. The van der Waals surface area contributed by atoms with Crippen molar-refractivity contribution in [3.8, 4) is 0 Å². The molecule has 0 saturated carbocycles. The fraction of sp³-hybridized carbons (Fsp3) is 0.727. The zero-order chi connectivity index (χ0) is 39.6. The van der Waals surface area contributed by atoms with Gasteiger partial charge in [-0.3, -0.25) is 18.6 Å². The molecule has 0 rings (SSSR count). The van der Waals surface area contributed by atoms with Gasteiger partial charge in [-0.05, 0) is 57.8 Å². The average Bonchev–Trinajstić information content (AvgIpc) is 3.16. The molecule has 1 amide bonds. The first-order valence-corrected chi connectivity index (χ1v) is 22.8. The molecule has 0 aromatic carbocycles. The van der Waals surface area contributed by atoms with Crippen LogP contribution in [-0.2, 0) is 27.9 Å². The molecule has 0 aliphatic carbocycles. The molecule has 0 aromatic heterocycles. The van der Waals surface area contributed by atoms with E-state index in [0.29, 0.717) is 12.8 Å². The Morgan fingerprint density at radius 2 is 1.06 bits per heavy atom. The van der Waals surface area contributed by atoms with E-state index in [2.05, 4.69) is 79.9 Å². The normalized spacial score (nSPS) is 13.9. The number of esters is 1. The first kappa shape index (κ1) is 51.7. The standard InChI is InChI=1S/C44H78NO8P/c1-3-5-7-9-11-13-15-17-18-19-20-21-22-23-24-25-27-29-31-33-35-37-44(48)51-40-42(46)41-53-54(49,50)52-39-38-45-43(47)36-34-32-30-28-26-16-14-12-10-8-6-4-2/h5,7,11,13,17-18,20-21,23-24,42,46H,3-4,6,8-10,12,14-16,19,22,25-41H2,1-2H3,(H,45,47)(H,49,50)/b7-5-,13-11-,18-17-,21-20-,24-23-. The number of aliphatic hydroxyl groups excluding tert-OH is 1. The van der Waals surface area contributed by atoms with Gasteiger partial charge >= 0.3 is 13.8 Å². The highest BCUT2D eigenvalue weighted by molar-refractivity contribution is 7.47. The maximum absolute atomic E-state index is 12.1. The van der Waals surface area contributed by atoms with Crippen molar-refractivity contribution in [1.29, 1.82) is 0 Å². The average molecular weight is 780 g/mol. The third kappa shape index (κ3) is 40.9. The summed E-state index contributed by atoms with van der Waals surface area (Å²) < 4.78 is 26.8. The fourth-order valence-electron chi connectivity index (χ4n) is 5.52. The number of carbonyl (C=O) groups excluding carboxylic acids is 2. The number of rotatable bonds is 39. The maximum atomic E-state index is 12.1. The van der Waals surface area contributed by atoms with Gasteiger partial charge in [0.2, 0.25) is 5.91 Å². The summed E-state index contributed by atoms with van der Waals surface area (Å²) in [6, 6.07) is 0. The largest absolute Gasteiger partial charge is 0.472 e. The number of hydrogen-bond acceptors (Lipinski definition) is 7. The van der Waals surface area contributed by atoms with Crippen molar-refractivity contribution < 1.29 is 37.9 Å². The van der Waals surface area contributed by atoms with Gasteiger partial charge in [-0.1, -0.05) is 164 Å². The monoisotopic (exact) mass is 780 g/mol. The van der Waals surface area contributed by atoms with Gasteiger partial charge in [0, 0.05) is 19.4 Å². The van der Waals surface area contributed by atoms with Crippen molar-refractivity contribution in [2.75, 3.05) is 26.4 Å². The number of phosphoric acid groups is 1. The molecule has 0 fully saturated rings. The number of nitrogens with one attached hydrogen (secondary N) is 1. The van der Waals surface area contributed by atoms with Crippen molar-refractivity contribution in [3.05, 3.63) is 60.8 Å². The van der Waals surface area contributed by atoms with Gasteiger partial charge in [0.15, 0.2) is 0 Å². The van der Waals surface area contributed by atoms with E-state index < -0.39 is 26.5 Å². The zero-order valence-corrected chi connectivity index (χ0v) is 35.0. The number of hydrogen-bond donors (Lipinski definition) is 3. The molecular formula is C44H78NO8P. The smallest absolute Gasteiger partial charge is 0.463 e. The molecule has 0 aromatic rings. The Balaban J connectivity index is 3.66. The van der Waals surface area contributed by atoms with E-state index in [1.807, 2.05) is 0 Å². The molecule has 2 unspecified atom stereocenters. The molecule has 54 heavy (non-hydrogen) atoms. The van der Waals surface area contributed by atoms with Gasteiger partial charge in [-0.2, -0.15) is 0 Å². The summed E-state index contributed by atoms with van der Waals surface area (Å²) in [5.41, 5.74) is 0. The predicted molar refractivity (Wildman–Crippen MR) is 224 cm³/mol. The summed E-state index contributed by atoms with van der Waals surface area (Å²) in [4.78, 5) is 33.8. The van der Waals surface area contributed by atoms with E-state index in [1.54, 1.807) is 0 Å². The fourth-order valence-corrected chi connectivity index (χ4v) is 6.28. The zero-order valence-electron chi connectivity index (χ0n) is 34.1. The van der Waals surface area contributed by atoms with Crippen molar-refractivity contribution in [2.45, 2.75) is 180 Å². The molecular weight excluding hydrogens is 701 g/mol. The minimum Gasteiger partial charge on any atom is -0.463 e. The van der Waals surface area contributed by atoms with Crippen molar-refractivity contribution in [2.24, 2.45) is 0 Å². The predicted octanol–water partition coefficient (Wildman–Crippen LogP) is 11.7. The summed E-state index contributed by atoms with van der Waals surface area (Å²) >= 11 is 0. The Morgan fingerprint density at radius 1 is 0.593 bits per heavy atom. The van der Waals surface area contributed by atoms with Gasteiger partial charge < -0.3 is 20.1 Å². The lowest BCUT2D eigenvalue weighted by molar-refractivity contribution is -0.147. The number of unbranched alkanes of at least 4 members (excludes halogenated alkanes) is 16. The molecule has 0 spiro atoms. The minimum absolute atomic E-state index is 0.0788. The lowest BCUT2D eigenvalue weighted by Crippen LogP contribution is -2.27. The SMILES string of the molecule is CC/C=C\C/C=C\C/C=C\C/C=C\C/C=C\CCCCCCCC(=O)OCC(O)COP(=O)(O)OCCNC(=O)CCCCCCCCCCCCCC. The van der Waals surface area contributed by atoms with Crippen molar-refractivity contribution in [3.63, 3.8) is 0 Å². The van der Waals surface area contributed by atoms with E-state index in [9.17, 15) is 24.2 Å². The van der Waals surface area contributed by atoms with Crippen LogP contribution >= 0.6 is 7.82 Å². The van der Waals surface area contributed by atoms with Crippen LogP contribution in [-0.4, -0.2) is 54.3 Å². The third-order valence-corrected chi connectivity index (χ3v) is 9.70. The number of carbonyl (C=O) groups is 2. The van der Waals surface area contributed by atoms with Crippen LogP contribution in [0.2, 0.25) is 0 Å². The molecule has 3 N–H and O–H groups in total. The second kappa shape index (κ2) is 40.4. The summed E-state index contributed by atoms with van der Waals surface area (Å²) in [6.45, 7) is 3.41. The van der Waals surface area contributed by atoms with Crippen LogP contribution in [0.4, 0.5) is 0 Å². The van der Waals surface area contributed by atoms with Crippen LogP contribution < -0.4 is 5.32 Å². The van der Waals surface area contributed by atoms with Crippen LogP contribution in [0.15, 0.2) is 60.8 Å². The van der Waals surface area contributed by atoms with Gasteiger partial charge in [0.1, 0.15) is 12.7 Å². The minimum atomic E-state index is -4.42. The molecule has 312 valence electrons. The van der Waals surface area contributed by atoms with E-state index in [-0.39, 0.29) is 32.1 Å².